The summed E-state index contributed by atoms with van der Waals surface area (Å²) in [7, 11) is 0. The molecule has 1 aliphatic heterocycles. The molecule has 0 spiro atoms. The number of carbonyl (C=O) groups is 1. The van der Waals surface area contributed by atoms with Gasteiger partial charge in [-0.15, -0.1) is 0 Å². The summed E-state index contributed by atoms with van der Waals surface area (Å²) in [4.78, 5) is 14.4. The first-order valence-corrected chi connectivity index (χ1v) is 6.78. The number of rotatable bonds is 1. The van der Waals surface area contributed by atoms with E-state index in [9.17, 15) is 4.79 Å². The van der Waals surface area contributed by atoms with Crippen LogP contribution in [0.15, 0.2) is 36.4 Å². The molecule has 0 saturated heterocycles. The van der Waals surface area contributed by atoms with E-state index in [2.05, 4.69) is 6.92 Å². The van der Waals surface area contributed by atoms with Crippen LogP contribution in [0, 0.1) is 13.8 Å². The molecule has 3 rings (SSSR count). The summed E-state index contributed by atoms with van der Waals surface area (Å²) in [6.07, 6.45) is 0. The van der Waals surface area contributed by atoms with Gasteiger partial charge in [0.15, 0.2) is 0 Å². The molecule has 0 aromatic heterocycles. The van der Waals surface area contributed by atoms with Gasteiger partial charge in [0.2, 0.25) is 0 Å². The van der Waals surface area contributed by atoms with Gasteiger partial charge in [0.25, 0.3) is 5.91 Å². The zero-order valence-electron chi connectivity index (χ0n) is 11.8. The molecule has 1 amide bonds. The highest BCUT2D eigenvalue weighted by Crippen LogP contribution is 2.26. The van der Waals surface area contributed by atoms with Gasteiger partial charge in [0.05, 0.1) is 0 Å². The lowest BCUT2D eigenvalue weighted by Gasteiger charge is -2.16. The molecule has 3 nitrogen and oxygen atoms in total. The first-order chi connectivity index (χ1) is 9.54. The number of anilines is 1. The van der Waals surface area contributed by atoms with Gasteiger partial charge in [-0.3, -0.25) is 4.79 Å². The van der Waals surface area contributed by atoms with E-state index < -0.39 is 0 Å². The predicted molar refractivity (Wildman–Crippen MR) is 80.3 cm³/mol. The van der Waals surface area contributed by atoms with Gasteiger partial charge in [-0.2, -0.15) is 0 Å². The molecule has 0 saturated carbocycles. The Hall–Kier alpha value is -2.29. The zero-order valence-corrected chi connectivity index (χ0v) is 11.8. The van der Waals surface area contributed by atoms with E-state index >= 15 is 0 Å². The van der Waals surface area contributed by atoms with Gasteiger partial charge < -0.3 is 10.6 Å². The second kappa shape index (κ2) is 4.67. The molecule has 0 aliphatic carbocycles. The van der Waals surface area contributed by atoms with Crippen molar-refractivity contribution in [2.75, 3.05) is 5.73 Å². The molecule has 2 N–H and O–H groups in total. The van der Waals surface area contributed by atoms with Crippen molar-refractivity contribution < 1.29 is 4.79 Å². The van der Waals surface area contributed by atoms with E-state index in [0.717, 1.165) is 22.4 Å². The molecule has 1 aliphatic rings. The van der Waals surface area contributed by atoms with Crippen LogP contribution < -0.4 is 5.73 Å². The maximum atomic E-state index is 12.6. The van der Waals surface area contributed by atoms with Crippen LogP contribution in [0.25, 0.3) is 0 Å². The second-order valence-electron chi connectivity index (χ2n) is 5.49. The molecule has 0 fully saturated rings. The Kier molecular flexibility index (Phi) is 2.97. The lowest BCUT2D eigenvalue weighted by Crippen LogP contribution is -2.25. The van der Waals surface area contributed by atoms with E-state index in [1.165, 1.54) is 11.1 Å². The summed E-state index contributed by atoms with van der Waals surface area (Å²) < 4.78 is 0. The van der Waals surface area contributed by atoms with Crippen LogP contribution in [0.2, 0.25) is 0 Å². The van der Waals surface area contributed by atoms with Crippen LogP contribution in [0.5, 0.6) is 0 Å². The molecule has 2 aromatic carbocycles. The quantitative estimate of drug-likeness (QED) is 0.806. The predicted octanol–water partition coefficient (Wildman–Crippen LogP) is 3.04. The van der Waals surface area contributed by atoms with Crippen LogP contribution in [0.1, 0.15) is 32.6 Å². The summed E-state index contributed by atoms with van der Waals surface area (Å²) in [5.74, 6) is 0.0860. The molecule has 0 bridgehead atoms. The monoisotopic (exact) mass is 266 g/mol. The summed E-state index contributed by atoms with van der Waals surface area (Å²) in [5, 5.41) is 0. The largest absolute Gasteiger partial charge is 0.399 e. The van der Waals surface area contributed by atoms with E-state index in [-0.39, 0.29) is 5.91 Å². The number of benzene rings is 2. The highest BCUT2D eigenvalue weighted by Gasteiger charge is 2.24. The summed E-state index contributed by atoms with van der Waals surface area (Å²) >= 11 is 0. The highest BCUT2D eigenvalue weighted by molar-refractivity contribution is 5.94. The van der Waals surface area contributed by atoms with E-state index in [4.69, 9.17) is 5.73 Å². The van der Waals surface area contributed by atoms with Crippen LogP contribution in [-0.2, 0) is 13.1 Å². The number of fused-ring (bicyclic) bond motifs is 1. The van der Waals surface area contributed by atoms with E-state index in [0.29, 0.717) is 13.1 Å². The fourth-order valence-corrected chi connectivity index (χ4v) is 2.62. The van der Waals surface area contributed by atoms with Crippen LogP contribution in [0.4, 0.5) is 5.69 Å². The van der Waals surface area contributed by atoms with E-state index in [1.807, 2.05) is 48.2 Å². The van der Waals surface area contributed by atoms with E-state index in [1.54, 1.807) is 0 Å². The average Bonchev–Trinajstić information content (AvgIpc) is 2.84. The third kappa shape index (κ3) is 2.16. The van der Waals surface area contributed by atoms with Gasteiger partial charge in [-0.25, -0.2) is 0 Å². The summed E-state index contributed by atoms with van der Waals surface area (Å²) in [6, 6.07) is 11.7. The lowest BCUT2D eigenvalue weighted by molar-refractivity contribution is 0.0751. The third-order valence-electron chi connectivity index (χ3n) is 3.99. The standard InChI is InChI=1S/C17H18N2O/c1-11-3-4-13(7-12(11)2)17(20)19-9-14-5-6-16(18)8-15(14)10-19/h3-8H,9-10,18H2,1-2H3. The van der Waals surface area contributed by atoms with Gasteiger partial charge in [-0.1, -0.05) is 12.1 Å². The topological polar surface area (TPSA) is 46.3 Å². The van der Waals surface area contributed by atoms with Crippen LogP contribution >= 0.6 is 0 Å². The third-order valence-corrected chi connectivity index (χ3v) is 3.99. The maximum Gasteiger partial charge on any atom is 0.254 e. The number of amides is 1. The van der Waals surface area contributed by atoms with Crippen molar-refractivity contribution in [2.24, 2.45) is 0 Å². The Morgan fingerprint density at radius 3 is 2.50 bits per heavy atom. The second-order valence-corrected chi connectivity index (χ2v) is 5.49. The number of nitrogens with zero attached hydrogens (tertiary/aromatic N) is 1. The first-order valence-electron chi connectivity index (χ1n) is 6.78. The minimum Gasteiger partial charge on any atom is -0.399 e. The van der Waals surface area contributed by atoms with Gasteiger partial charge in [-0.05, 0) is 60.4 Å². The number of aryl methyl sites for hydroxylation is 2. The minimum absolute atomic E-state index is 0.0860. The minimum atomic E-state index is 0.0860. The number of nitrogens with two attached hydrogens (primary N) is 1. The van der Waals surface area contributed by atoms with Gasteiger partial charge in [0, 0.05) is 24.3 Å². The van der Waals surface area contributed by atoms with Gasteiger partial charge >= 0.3 is 0 Å². The SMILES string of the molecule is Cc1ccc(C(=O)N2Cc3ccc(N)cc3C2)cc1C. The fourth-order valence-electron chi connectivity index (χ4n) is 2.62. The lowest BCUT2D eigenvalue weighted by atomic mass is 10.1. The fraction of sp³-hybridized carbons (Fsp3) is 0.235. The smallest absolute Gasteiger partial charge is 0.254 e. The Morgan fingerprint density at radius 1 is 1.00 bits per heavy atom. The molecular weight excluding hydrogens is 248 g/mol. The number of hydrogen-bond donors (Lipinski definition) is 1. The molecule has 1 heterocycles. The zero-order chi connectivity index (χ0) is 14.3. The first kappa shape index (κ1) is 12.7. The van der Waals surface area contributed by atoms with Crippen molar-refractivity contribution in [1.82, 2.24) is 4.90 Å². The number of nitrogen functional groups attached to an aromatic ring is 1. The molecule has 0 radical (unpaired) electrons. The summed E-state index contributed by atoms with van der Waals surface area (Å²) in [6.45, 7) is 5.40. The molecule has 0 atom stereocenters. The van der Waals surface area contributed by atoms with Crippen LogP contribution in [-0.4, -0.2) is 10.8 Å². The van der Waals surface area contributed by atoms with Crippen molar-refractivity contribution in [3.8, 4) is 0 Å². The van der Waals surface area contributed by atoms with Gasteiger partial charge in [0.1, 0.15) is 0 Å². The van der Waals surface area contributed by atoms with Crippen molar-refractivity contribution >= 4 is 11.6 Å². The molecule has 2 aromatic rings. The summed E-state index contributed by atoms with van der Waals surface area (Å²) in [5.41, 5.74) is 12.0. The normalized spacial score (nSPS) is 13.4. The van der Waals surface area contributed by atoms with Crippen molar-refractivity contribution in [3.63, 3.8) is 0 Å². The molecule has 20 heavy (non-hydrogen) atoms. The number of carbonyl (C=O) groups excluding carboxylic acids is 1. The molecule has 0 unspecified atom stereocenters. The Labute approximate surface area is 119 Å². The average molecular weight is 266 g/mol. The molecule has 102 valence electrons. The van der Waals surface area contributed by atoms with Crippen molar-refractivity contribution in [2.45, 2.75) is 26.9 Å². The molecule has 3 heteroatoms. The Morgan fingerprint density at radius 2 is 1.75 bits per heavy atom. The van der Waals surface area contributed by atoms with Crippen LogP contribution in [0.3, 0.4) is 0 Å². The van der Waals surface area contributed by atoms with Crippen molar-refractivity contribution in [1.29, 1.82) is 0 Å². The highest BCUT2D eigenvalue weighted by atomic mass is 16.2. The maximum absolute atomic E-state index is 12.6. The van der Waals surface area contributed by atoms with Crippen molar-refractivity contribution in [3.05, 3.63) is 64.2 Å². The Bertz CT molecular complexity index is 691. The number of hydrogen-bond acceptors (Lipinski definition) is 2. The molecular formula is C17H18N2O. The Balaban J connectivity index is 1.85.